The number of aryl methyl sites for hydroxylation is 2. The molecule has 19 heavy (non-hydrogen) atoms. The first kappa shape index (κ1) is 14.9. The van der Waals surface area contributed by atoms with Crippen molar-refractivity contribution < 1.29 is 0 Å². The Bertz CT molecular complexity index is 417. The van der Waals surface area contributed by atoms with Crippen molar-refractivity contribution in [1.82, 2.24) is 15.1 Å². The van der Waals surface area contributed by atoms with E-state index in [0.717, 1.165) is 36.6 Å². The number of nitrogens with one attached hydrogen (secondary N) is 1. The molecular formula is C15H26ClN3. The van der Waals surface area contributed by atoms with E-state index in [0.29, 0.717) is 0 Å². The Morgan fingerprint density at radius 2 is 2.11 bits per heavy atom. The predicted molar refractivity (Wildman–Crippen MR) is 80.9 cm³/mol. The zero-order chi connectivity index (χ0) is 13.9. The number of halogens is 1. The molecule has 1 saturated heterocycles. The first-order valence-corrected chi connectivity index (χ1v) is 7.96. The average molecular weight is 284 g/mol. The van der Waals surface area contributed by atoms with Gasteiger partial charge in [-0.2, -0.15) is 5.10 Å². The molecule has 4 heteroatoms. The Morgan fingerprint density at radius 1 is 1.32 bits per heavy atom. The third-order valence-corrected chi connectivity index (χ3v) is 4.65. The van der Waals surface area contributed by atoms with E-state index in [1.807, 2.05) is 0 Å². The van der Waals surface area contributed by atoms with E-state index in [4.69, 9.17) is 11.6 Å². The second-order valence-corrected chi connectivity index (χ2v) is 6.23. The van der Waals surface area contributed by atoms with Crippen molar-refractivity contribution in [3.63, 3.8) is 0 Å². The molecule has 1 aliphatic rings. The minimum atomic E-state index is 0.165. The maximum absolute atomic E-state index is 6.52. The van der Waals surface area contributed by atoms with Crippen molar-refractivity contribution in [3.8, 4) is 0 Å². The van der Waals surface area contributed by atoms with E-state index < -0.39 is 0 Å². The highest BCUT2D eigenvalue weighted by molar-refractivity contribution is 6.31. The lowest BCUT2D eigenvalue weighted by atomic mass is 9.90. The Labute approximate surface area is 121 Å². The van der Waals surface area contributed by atoms with Crippen LogP contribution in [0.1, 0.15) is 57.8 Å². The molecule has 1 aromatic heterocycles. The molecule has 1 N–H and O–H groups in total. The molecule has 2 heterocycles. The highest BCUT2D eigenvalue weighted by Gasteiger charge is 2.28. The van der Waals surface area contributed by atoms with Gasteiger partial charge in [-0.3, -0.25) is 4.68 Å². The van der Waals surface area contributed by atoms with E-state index in [1.54, 1.807) is 0 Å². The van der Waals surface area contributed by atoms with Crippen molar-refractivity contribution in [2.24, 2.45) is 0 Å². The van der Waals surface area contributed by atoms with Gasteiger partial charge >= 0.3 is 0 Å². The topological polar surface area (TPSA) is 29.9 Å². The third kappa shape index (κ3) is 3.32. The van der Waals surface area contributed by atoms with Crippen LogP contribution in [0.25, 0.3) is 0 Å². The molecule has 0 amide bonds. The van der Waals surface area contributed by atoms with Gasteiger partial charge in [-0.1, -0.05) is 31.4 Å². The maximum Gasteiger partial charge on any atom is 0.0850 e. The first-order valence-electron chi connectivity index (χ1n) is 7.58. The van der Waals surface area contributed by atoms with E-state index >= 15 is 0 Å². The normalized spacial score (nSPS) is 24.4. The van der Waals surface area contributed by atoms with Gasteiger partial charge in [0, 0.05) is 18.5 Å². The minimum absolute atomic E-state index is 0.165. The summed E-state index contributed by atoms with van der Waals surface area (Å²) in [6, 6.07) is 0. The maximum atomic E-state index is 6.52. The van der Waals surface area contributed by atoms with Crippen LogP contribution in [0, 0.1) is 0 Å². The van der Waals surface area contributed by atoms with Gasteiger partial charge < -0.3 is 5.32 Å². The summed E-state index contributed by atoms with van der Waals surface area (Å²) in [5, 5.41) is 9.22. The molecule has 0 spiro atoms. The lowest BCUT2D eigenvalue weighted by molar-refractivity contribution is 0.336. The van der Waals surface area contributed by atoms with Crippen molar-refractivity contribution in [2.75, 3.05) is 6.54 Å². The summed E-state index contributed by atoms with van der Waals surface area (Å²) in [4.78, 5) is 0. The molecule has 0 bridgehead atoms. The summed E-state index contributed by atoms with van der Waals surface area (Å²) in [5.74, 6) is 0. The Kier molecular flexibility index (Phi) is 4.91. The van der Waals surface area contributed by atoms with E-state index in [2.05, 4.69) is 35.9 Å². The molecule has 1 atom stereocenters. The van der Waals surface area contributed by atoms with E-state index in [9.17, 15) is 0 Å². The lowest BCUT2D eigenvalue weighted by Gasteiger charge is -2.29. The summed E-state index contributed by atoms with van der Waals surface area (Å²) in [6.45, 7) is 8.59. The highest BCUT2D eigenvalue weighted by atomic mass is 35.5. The van der Waals surface area contributed by atoms with Gasteiger partial charge in [0.15, 0.2) is 0 Å². The predicted octanol–water partition coefficient (Wildman–Crippen LogP) is 3.58. The zero-order valence-electron chi connectivity index (χ0n) is 12.4. The van der Waals surface area contributed by atoms with Gasteiger partial charge in [0.05, 0.1) is 16.4 Å². The fourth-order valence-electron chi connectivity index (χ4n) is 3.00. The number of nitrogens with zero attached hydrogens (tertiary/aromatic N) is 2. The van der Waals surface area contributed by atoms with E-state index in [1.165, 1.54) is 31.4 Å². The molecule has 108 valence electrons. The fourth-order valence-corrected chi connectivity index (χ4v) is 3.34. The van der Waals surface area contributed by atoms with Gasteiger partial charge in [-0.25, -0.2) is 0 Å². The fraction of sp³-hybridized carbons (Fsp3) is 0.800. The van der Waals surface area contributed by atoms with Crippen LogP contribution in [-0.4, -0.2) is 21.9 Å². The molecule has 0 saturated carbocycles. The Balaban J connectivity index is 2.23. The van der Waals surface area contributed by atoms with Crippen LogP contribution in [0.2, 0.25) is 5.02 Å². The van der Waals surface area contributed by atoms with Gasteiger partial charge in [0.2, 0.25) is 0 Å². The minimum Gasteiger partial charge on any atom is -0.311 e. The Morgan fingerprint density at radius 3 is 2.79 bits per heavy atom. The molecule has 1 unspecified atom stereocenters. The second kappa shape index (κ2) is 6.27. The zero-order valence-corrected chi connectivity index (χ0v) is 13.2. The molecule has 1 fully saturated rings. The summed E-state index contributed by atoms with van der Waals surface area (Å²) >= 11 is 6.52. The summed E-state index contributed by atoms with van der Waals surface area (Å²) in [6.07, 6.45) is 7.04. The van der Waals surface area contributed by atoms with Crippen LogP contribution in [0.5, 0.6) is 0 Å². The van der Waals surface area contributed by atoms with Crippen LogP contribution in [-0.2, 0) is 19.4 Å². The molecule has 0 radical (unpaired) electrons. The van der Waals surface area contributed by atoms with Gasteiger partial charge in [-0.15, -0.1) is 0 Å². The quantitative estimate of drug-likeness (QED) is 0.915. The highest BCUT2D eigenvalue weighted by Crippen LogP contribution is 2.29. The second-order valence-electron chi connectivity index (χ2n) is 5.85. The number of hydrogen-bond acceptors (Lipinski definition) is 2. The molecular weight excluding hydrogens is 258 g/mol. The summed E-state index contributed by atoms with van der Waals surface area (Å²) < 4.78 is 2.08. The molecule has 1 aromatic rings. The van der Waals surface area contributed by atoms with Crippen LogP contribution in [0.3, 0.4) is 0 Å². The van der Waals surface area contributed by atoms with Gasteiger partial charge in [-0.05, 0) is 39.7 Å². The van der Waals surface area contributed by atoms with Crippen LogP contribution in [0.4, 0.5) is 0 Å². The molecule has 2 rings (SSSR count). The number of rotatable bonds is 4. The van der Waals surface area contributed by atoms with Crippen LogP contribution >= 0.6 is 11.6 Å². The summed E-state index contributed by atoms with van der Waals surface area (Å²) in [7, 11) is 0. The third-order valence-electron chi connectivity index (χ3n) is 4.21. The van der Waals surface area contributed by atoms with Gasteiger partial charge in [0.25, 0.3) is 0 Å². The first-order chi connectivity index (χ1) is 9.09. The van der Waals surface area contributed by atoms with Crippen molar-refractivity contribution in [2.45, 2.75) is 71.4 Å². The van der Waals surface area contributed by atoms with Crippen LogP contribution in [0.15, 0.2) is 0 Å². The van der Waals surface area contributed by atoms with Crippen molar-refractivity contribution >= 4 is 11.6 Å². The standard InChI is InChI=1S/C15H26ClN3/c1-4-12-14(16)13(19(5-2)18-12)11-15(3)9-7-6-8-10-17-15/h17H,4-11H2,1-3H3. The molecule has 1 aliphatic heterocycles. The smallest absolute Gasteiger partial charge is 0.0850 e. The molecule has 3 nitrogen and oxygen atoms in total. The molecule has 0 aromatic carbocycles. The largest absolute Gasteiger partial charge is 0.311 e. The summed E-state index contributed by atoms with van der Waals surface area (Å²) in [5.41, 5.74) is 2.41. The number of hydrogen-bond donors (Lipinski definition) is 1. The van der Waals surface area contributed by atoms with Crippen molar-refractivity contribution in [1.29, 1.82) is 0 Å². The van der Waals surface area contributed by atoms with Gasteiger partial charge in [0.1, 0.15) is 0 Å². The Hall–Kier alpha value is -0.540. The molecule has 0 aliphatic carbocycles. The monoisotopic (exact) mass is 283 g/mol. The lowest BCUT2D eigenvalue weighted by Crippen LogP contribution is -2.44. The average Bonchev–Trinajstić information content (AvgIpc) is 2.57. The van der Waals surface area contributed by atoms with E-state index in [-0.39, 0.29) is 5.54 Å². The number of aromatic nitrogens is 2. The van der Waals surface area contributed by atoms with Crippen LogP contribution < -0.4 is 5.32 Å². The SMILES string of the molecule is CCc1nn(CC)c(CC2(C)CCCCCN2)c1Cl. The van der Waals surface area contributed by atoms with Crippen molar-refractivity contribution in [3.05, 3.63) is 16.4 Å².